The van der Waals surface area contributed by atoms with E-state index in [-0.39, 0.29) is 0 Å². The van der Waals surface area contributed by atoms with Crippen LogP contribution < -0.4 is 10.2 Å². The molecule has 1 aromatic heterocycles. The van der Waals surface area contributed by atoms with E-state index >= 15 is 0 Å². The highest BCUT2D eigenvalue weighted by atomic mass is 15.3. The number of anilines is 2. The Morgan fingerprint density at radius 1 is 1.26 bits per heavy atom. The second kappa shape index (κ2) is 5.74. The average molecular weight is 261 g/mol. The van der Waals surface area contributed by atoms with Gasteiger partial charge in [0.15, 0.2) is 0 Å². The first kappa shape index (κ1) is 12.7. The zero-order valence-corrected chi connectivity index (χ0v) is 11.7. The monoisotopic (exact) mass is 261 g/mol. The number of rotatable bonds is 3. The summed E-state index contributed by atoms with van der Waals surface area (Å²) in [6.45, 7) is 7.58. The second-order valence-electron chi connectivity index (χ2n) is 5.42. The van der Waals surface area contributed by atoms with E-state index in [4.69, 9.17) is 0 Å². The molecule has 5 nitrogen and oxygen atoms in total. The predicted molar refractivity (Wildman–Crippen MR) is 77.6 cm³/mol. The molecule has 0 bridgehead atoms. The minimum atomic E-state index is 0.715. The lowest BCUT2D eigenvalue weighted by Crippen LogP contribution is -2.55. The Kier molecular flexibility index (Phi) is 3.82. The number of aromatic nitrogens is 2. The lowest BCUT2D eigenvalue weighted by atomic mass is 9.99. The number of hydrogen-bond donors (Lipinski definition) is 1. The molecule has 5 heteroatoms. The number of fused-ring (bicyclic) bond motifs is 1. The van der Waals surface area contributed by atoms with E-state index in [1.807, 2.05) is 6.20 Å². The molecule has 0 radical (unpaired) electrons. The van der Waals surface area contributed by atoms with Crippen LogP contribution in [-0.4, -0.2) is 53.6 Å². The summed E-state index contributed by atoms with van der Waals surface area (Å²) in [5.41, 5.74) is 0. The first-order valence-corrected chi connectivity index (χ1v) is 7.41. The highest BCUT2D eigenvalue weighted by Crippen LogP contribution is 2.24. The third kappa shape index (κ3) is 2.81. The fourth-order valence-corrected chi connectivity index (χ4v) is 3.14. The van der Waals surface area contributed by atoms with Gasteiger partial charge in [0.1, 0.15) is 11.6 Å². The van der Waals surface area contributed by atoms with Crippen molar-refractivity contribution < 1.29 is 0 Å². The topological polar surface area (TPSA) is 44.3 Å². The van der Waals surface area contributed by atoms with Crippen molar-refractivity contribution in [1.29, 1.82) is 0 Å². The van der Waals surface area contributed by atoms with Gasteiger partial charge in [0.2, 0.25) is 0 Å². The van der Waals surface area contributed by atoms with Crippen LogP contribution in [0, 0.1) is 0 Å². The molecular weight excluding hydrogens is 238 g/mol. The predicted octanol–water partition coefficient (Wildman–Crippen LogP) is 1.58. The quantitative estimate of drug-likeness (QED) is 0.895. The largest absolute Gasteiger partial charge is 0.369 e. The van der Waals surface area contributed by atoms with Gasteiger partial charge in [0.25, 0.3) is 0 Å². The van der Waals surface area contributed by atoms with E-state index in [1.54, 1.807) is 6.20 Å². The Morgan fingerprint density at radius 2 is 2.21 bits per heavy atom. The van der Waals surface area contributed by atoms with Crippen LogP contribution in [0.15, 0.2) is 12.4 Å². The molecule has 3 heterocycles. The molecule has 3 rings (SSSR count). The second-order valence-corrected chi connectivity index (χ2v) is 5.42. The van der Waals surface area contributed by atoms with Gasteiger partial charge in [0.05, 0.1) is 12.4 Å². The maximum Gasteiger partial charge on any atom is 0.149 e. The fraction of sp³-hybridized carbons (Fsp3) is 0.714. The van der Waals surface area contributed by atoms with E-state index in [2.05, 4.69) is 32.0 Å². The van der Waals surface area contributed by atoms with Gasteiger partial charge in [-0.05, 0) is 26.3 Å². The Hall–Kier alpha value is -1.36. The Bertz CT molecular complexity index is 422. The molecular formula is C14H23N5. The van der Waals surface area contributed by atoms with E-state index in [0.717, 1.165) is 37.8 Å². The van der Waals surface area contributed by atoms with Gasteiger partial charge in [-0.2, -0.15) is 0 Å². The molecule has 1 unspecified atom stereocenters. The summed E-state index contributed by atoms with van der Waals surface area (Å²) >= 11 is 0. The molecule has 0 aliphatic carbocycles. The van der Waals surface area contributed by atoms with Crippen molar-refractivity contribution >= 4 is 11.6 Å². The smallest absolute Gasteiger partial charge is 0.149 e. The summed E-state index contributed by atoms with van der Waals surface area (Å²) in [5, 5.41) is 3.23. The van der Waals surface area contributed by atoms with Crippen LogP contribution in [0.25, 0.3) is 0 Å². The van der Waals surface area contributed by atoms with Gasteiger partial charge in [0, 0.05) is 32.2 Å². The Balaban J connectivity index is 1.70. The molecule has 2 aliphatic heterocycles. The summed E-state index contributed by atoms with van der Waals surface area (Å²) in [6, 6.07) is 0.715. The van der Waals surface area contributed by atoms with Crippen LogP contribution in [0.5, 0.6) is 0 Å². The lowest BCUT2D eigenvalue weighted by Gasteiger charge is -2.44. The number of hydrogen-bond acceptors (Lipinski definition) is 5. The lowest BCUT2D eigenvalue weighted by molar-refractivity contribution is 0.133. The van der Waals surface area contributed by atoms with Crippen LogP contribution in [0.3, 0.4) is 0 Å². The van der Waals surface area contributed by atoms with Gasteiger partial charge in [-0.1, -0.05) is 6.42 Å². The van der Waals surface area contributed by atoms with Crippen LogP contribution >= 0.6 is 0 Å². The summed E-state index contributed by atoms with van der Waals surface area (Å²) in [7, 11) is 0. The molecule has 104 valence electrons. The summed E-state index contributed by atoms with van der Waals surface area (Å²) in [5.74, 6) is 1.90. The van der Waals surface area contributed by atoms with Crippen molar-refractivity contribution in [2.45, 2.75) is 32.2 Å². The van der Waals surface area contributed by atoms with E-state index in [0.29, 0.717) is 6.04 Å². The van der Waals surface area contributed by atoms with Crippen molar-refractivity contribution in [3.8, 4) is 0 Å². The van der Waals surface area contributed by atoms with Crippen molar-refractivity contribution in [1.82, 2.24) is 14.9 Å². The normalized spacial score (nSPS) is 24.1. The maximum atomic E-state index is 4.66. The molecule has 1 N–H and O–H groups in total. The van der Waals surface area contributed by atoms with Crippen LogP contribution in [0.4, 0.5) is 11.6 Å². The highest BCUT2D eigenvalue weighted by Gasteiger charge is 2.29. The van der Waals surface area contributed by atoms with Crippen molar-refractivity contribution in [3.63, 3.8) is 0 Å². The Labute approximate surface area is 115 Å². The van der Waals surface area contributed by atoms with Crippen LogP contribution in [-0.2, 0) is 0 Å². The first-order chi connectivity index (χ1) is 9.36. The Morgan fingerprint density at radius 3 is 3.11 bits per heavy atom. The minimum absolute atomic E-state index is 0.715. The average Bonchev–Trinajstić information content (AvgIpc) is 2.47. The molecule has 2 aliphatic rings. The molecule has 1 atom stereocenters. The zero-order chi connectivity index (χ0) is 13.1. The van der Waals surface area contributed by atoms with Crippen molar-refractivity contribution in [2.24, 2.45) is 0 Å². The van der Waals surface area contributed by atoms with Crippen molar-refractivity contribution in [2.75, 3.05) is 42.9 Å². The van der Waals surface area contributed by atoms with Gasteiger partial charge >= 0.3 is 0 Å². The van der Waals surface area contributed by atoms with Crippen molar-refractivity contribution in [3.05, 3.63) is 12.4 Å². The third-order valence-corrected chi connectivity index (χ3v) is 4.14. The SMILES string of the molecule is CCNc1cncc(N2CCN3CCCCC3C2)n1. The number of nitrogens with zero attached hydrogens (tertiary/aromatic N) is 4. The maximum absolute atomic E-state index is 4.66. The molecule has 0 spiro atoms. The van der Waals surface area contributed by atoms with Gasteiger partial charge < -0.3 is 10.2 Å². The van der Waals surface area contributed by atoms with E-state index in [9.17, 15) is 0 Å². The number of piperidine rings is 1. The molecule has 2 fully saturated rings. The highest BCUT2D eigenvalue weighted by molar-refractivity contribution is 5.44. The van der Waals surface area contributed by atoms with E-state index < -0.39 is 0 Å². The first-order valence-electron chi connectivity index (χ1n) is 7.41. The summed E-state index contributed by atoms with van der Waals surface area (Å²) in [4.78, 5) is 14.0. The van der Waals surface area contributed by atoms with Gasteiger partial charge in [-0.25, -0.2) is 4.98 Å². The third-order valence-electron chi connectivity index (χ3n) is 4.14. The molecule has 0 saturated carbocycles. The molecule has 1 aromatic rings. The van der Waals surface area contributed by atoms with Crippen LogP contribution in [0.1, 0.15) is 26.2 Å². The van der Waals surface area contributed by atoms with Gasteiger partial charge in [-0.3, -0.25) is 9.88 Å². The minimum Gasteiger partial charge on any atom is -0.369 e. The summed E-state index contributed by atoms with van der Waals surface area (Å²) in [6.07, 6.45) is 7.75. The number of nitrogens with one attached hydrogen (secondary N) is 1. The van der Waals surface area contributed by atoms with Crippen LogP contribution in [0.2, 0.25) is 0 Å². The van der Waals surface area contributed by atoms with Gasteiger partial charge in [-0.15, -0.1) is 0 Å². The number of piperazine rings is 1. The molecule has 2 saturated heterocycles. The molecule has 0 aromatic carbocycles. The standard InChI is InChI=1S/C14H23N5/c1-2-16-13-9-15-10-14(17-13)19-8-7-18-6-4-3-5-12(18)11-19/h9-10,12H,2-8,11H2,1H3,(H,16,17). The molecule has 0 amide bonds. The molecule has 19 heavy (non-hydrogen) atoms. The summed E-state index contributed by atoms with van der Waals surface area (Å²) < 4.78 is 0. The zero-order valence-electron chi connectivity index (χ0n) is 11.7. The fourth-order valence-electron chi connectivity index (χ4n) is 3.14. The van der Waals surface area contributed by atoms with E-state index in [1.165, 1.54) is 25.8 Å².